The molecule has 0 aromatic carbocycles. The molecule has 0 amide bonds. The van der Waals surface area contributed by atoms with E-state index in [9.17, 15) is 12.3 Å². The maximum Gasteiger partial charge on any atom is 0.687 e. The second kappa shape index (κ2) is 1.42. The molecule has 0 aliphatic heterocycles. The SMILES string of the molecule is O=C[Si](F)(F)F. The van der Waals surface area contributed by atoms with Gasteiger partial charge in [-0.25, -0.2) is 12.3 Å². The molecular weight excluding hydrogens is 113 g/mol. The minimum Gasteiger partial charge on any atom is -0.299 e. The number of hydrogen-bond acceptors (Lipinski definition) is 1. The van der Waals surface area contributed by atoms with E-state index in [1.807, 2.05) is 0 Å². The molecule has 0 bridgehead atoms. The summed E-state index contributed by atoms with van der Waals surface area (Å²) in [4.78, 5) is 8.76. The van der Waals surface area contributed by atoms with Gasteiger partial charge >= 0.3 is 9.08 Å². The van der Waals surface area contributed by atoms with Crippen LogP contribution in [0.3, 0.4) is 0 Å². The van der Waals surface area contributed by atoms with Crippen molar-refractivity contribution < 1.29 is 17.1 Å². The molecule has 0 spiro atoms. The first-order chi connectivity index (χ1) is 2.56. The summed E-state index contributed by atoms with van der Waals surface area (Å²) >= 11 is 0. The molecule has 5 heteroatoms. The normalized spacial score (nSPS) is 11.2. The van der Waals surface area contributed by atoms with Crippen molar-refractivity contribution in [2.24, 2.45) is 0 Å². The first-order valence-corrected chi connectivity index (χ1v) is 2.80. The van der Waals surface area contributed by atoms with Crippen LogP contribution in [0.5, 0.6) is 0 Å². The molecule has 0 N–H and O–H groups in total. The van der Waals surface area contributed by atoms with Gasteiger partial charge in [0.2, 0.25) is 5.91 Å². The Balaban J connectivity index is 3.45. The van der Waals surface area contributed by atoms with E-state index in [0.29, 0.717) is 0 Å². The fraction of sp³-hybridized carbons (Fsp3) is 0. The molecule has 0 aromatic rings. The molecular formula is CHF3OSi. The number of carbonyl (C=O) groups excluding carboxylic acids is 1. The Morgan fingerprint density at radius 3 is 1.50 bits per heavy atom. The first kappa shape index (κ1) is 5.68. The molecule has 0 fully saturated rings. The molecule has 0 atom stereocenters. The second-order valence-corrected chi connectivity index (χ2v) is 1.98. The topological polar surface area (TPSA) is 17.1 Å². The summed E-state index contributed by atoms with van der Waals surface area (Å²) in [5.41, 5.74) is 0. The van der Waals surface area contributed by atoms with Gasteiger partial charge in [-0.3, -0.25) is 4.79 Å². The zero-order chi connectivity index (χ0) is 5.21. The molecule has 0 unspecified atom stereocenters. The first-order valence-electron chi connectivity index (χ1n) is 1.09. The van der Waals surface area contributed by atoms with Gasteiger partial charge < -0.3 is 0 Å². The standard InChI is InChI=1S/CHF3OSi/c2-6(3,4)1-5/h1H. The van der Waals surface area contributed by atoms with Crippen LogP contribution in [0.15, 0.2) is 0 Å². The quantitative estimate of drug-likeness (QED) is 0.277. The Morgan fingerprint density at radius 1 is 1.33 bits per heavy atom. The van der Waals surface area contributed by atoms with Crippen LogP contribution in [0.1, 0.15) is 0 Å². The van der Waals surface area contributed by atoms with Crippen LogP contribution in [0.25, 0.3) is 0 Å². The fourth-order valence-electron chi connectivity index (χ4n) is 0. The number of carbonyl (C=O) groups is 1. The Kier molecular flexibility index (Phi) is 1.34. The van der Waals surface area contributed by atoms with E-state index >= 15 is 0 Å². The lowest BCUT2D eigenvalue weighted by Gasteiger charge is -1.81. The van der Waals surface area contributed by atoms with Gasteiger partial charge in [0.15, 0.2) is 0 Å². The molecule has 0 heterocycles. The third-order valence-electron chi connectivity index (χ3n) is 0.134. The molecule has 36 valence electrons. The molecule has 0 aliphatic rings. The highest BCUT2D eigenvalue weighted by Gasteiger charge is 2.36. The van der Waals surface area contributed by atoms with Crippen molar-refractivity contribution in [2.45, 2.75) is 0 Å². The van der Waals surface area contributed by atoms with Gasteiger partial charge in [0, 0.05) is 0 Å². The zero-order valence-electron chi connectivity index (χ0n) is 2.62. The fourth-order valence-corrected chi connectivity index (χ4v) is 0. The lowest BCUT2D eigenvalue weighted by Crippen LogP contribution is -2.16. The second-order valence-electron chi connectivity index (χ2n) is 0.659. The van der Waals surface area contributed by atoms with E-state index in [4.69, 9.17) is 4.79 Å². The highest BCUT2D eigenvalue weighted by atomic mass is 28.5. The number of halogens is 3. The van der Waals surface area contributed by atoms with E-state index in [0.717, 1.165) is 0 Å². The van der Waals surface area contributed by atoms with Gasteiger partial charge in [-0.15, -0.1) is 0 Å². The van der Waals surface area contributed by atoms with E-state index in [2.05, 4.69) is 0 Å². The van der Waals surface area contributed by atoms with Crippen molar-refractivity contribution in [1.29, 1.82) is 0 Å². The number of hydrogen-bond donors (Lipinski definition) is 0. The van der Waals surface area contributed by atoms with Crippen LogP contribution in [0.4, 0.5) is 12.3 Å². The lowest BCUT2D eigenvalue weighted by atomic mass is 11.8. The van der Waals surface area contributed by atoms with Crippen LogP contribution in [0.2, 0.25) is 0 Å². The Labute approximate surface area is 33.3 Å². The molecule has 1 nitrogen and oxygen atoms in total. The van der Waals surface area contributed by atoms with Crippen LogP contribution in [-0.2, 0) is 4.79 Å². The summed E-state index contributed by atoms with van der Waals surface area (Å²) < 4.78 is 31.7. The molecule has 0 radical (unpaired) electrons. The molecule has 0 aliphatic carbocycles. The van der Waals surface area contributed by atoms with Gasteiger partial charge in [-0.05, 0) is 0 Å². The molecule has 0 rings (SSSR count). The van der Waals surface area contributed by atoms with Crippen molar-refractivity contribution in [3.05, 3.63) is 0 Å². The third kappa shape index (κ3) is 3.68. The zero-order valence-corrected chi connectivity index (χ0v) is 3.62. The van der Waals surface area contributed by atoms with Crippen LogP contribution < -0.4 is 0 Å². The summed E-state index contributed by atoms with van der Waals surface area (Å²) in [6, 6.07) is 0. The van der Waals surface area contributed by atoms with Crippen LogP contribution in [-0.4, -0.2) is 15.0 Å². The predicted molar refractivity (Wildman–Crippen MR) is 15.8 cm³/mol. The summed E-state index contributed by atoms with van der Waals surface area (Å²) in [7, 11) is -5.81. The van der Waals surface area contributed by atoms with Gasteiger partial charge in [0.1, 0.15) is 0 Å². The summed E-state index contributed by atoms with van der Waals surface area (Å²) in [5.74, 6) is -0.924. The van der Waals surface area contributed by atoms with Gasteiger partial charge in [-0.1, -0.05) is 0 Å². The Bertz CT molecular complexity index is 56.3. The monoisotopic (exact) mass is 114 g/mol. The van der Waals surface area contributed by atoms with Crippen molar-refractivity contribution >= 4 is 15.0 Å². The van der Waals surface area contributed by atoms with Crippen LogP contribution in [0, 0.1) is 0 Å². The van der Waals surface area contributed by atoms with Crippen LogP contribution >= 0.6 is 0 Å². The van der Waals surface area contributed by atoms with E-state index < -0.39 is 15.0 Å². The summed E-state index contributed by atoms with van der Waals surface area (Å²) in [5, 5.41) is 0. The highest BCUT2D eigenvalue weighted by molar-refractivity contribution is 6.85. The Morgan fingerprint density at radius 2 is 1.50 bits per heavy atom. The van der Waals surface area contributed by atoms with E-state index in [1.54, 1.807) is 0 Å². The molecule has 0 aromatic heterocycles. The van der Waals surface area contributed by atoms with Crippen molar-refractivity contribution in [1.82, 2.24) is 0 Å². The van der Waals surface area contributed by atoms with E-state index in [-0.39, 0.29) is 0 Å². The molecule has 6 heavy (non-hydrogen) atoms. The largest absolute Gasteiger partial charge is 0.687 e. The maximum atomic E-state index is 10.6. The maximum absolute atomic E-state index is 10.6. The molecule has 0 saturated carbocycles. The van der Waals surface area contributed by atoms with Crippen molar-refractivity contribution in [3.8, 4) is 0 Å². The van der Waals surface area contributed by atoms with Crippen molar-refractivity contribution in [3.63, 3.8) is 0 Å². The minimum absolute atomic E-state index is 0.924. The smallest absolute Gasteiger partial charge is 0.299 e. The van der Waals surface area contributed by atoms with Gasteiger partial charge in [-0.2, -0.15) is 0 Å². The minimum atomic E-state index is -5.81. The van der Waals surface area contributed by atoms with E-state index in [1.165, 1.54) is 0 Å². The van der Waals surface area contributed by atoms with Gasteiger partial charge in [0.25, 0.3) is 0 Å². The summed E-state index contributed by atoms with van der Waals surface area (Å²) in [6.07, 6.45) is 0. The third-order valence-corrected chi connectivity index (χ3v) is 0.401. The number of rotatable bonds is 1. The molecule has 0 saturated heterocycles. The predicted octanol–water partition coefficient (Wildman–Crippen LogP) is 0.606. The average Bonchev–Trinajstić information content (AvgIpc) is 1.35. The average molecular weight is 114 g/mol. The summed E-state index contributed by atoms with van der Waals surface area (Å²) in [6.45, 7) is 0. The van der Waals surface area contributed by atoms with Crippen molar-refractivity contribution in [2.75, 3.05) is 0 Å². The highest BCUT2D eigenvalue weighted by Crippen LogP contribution is 2.01. The van der Waals surface area contributed by atoms with Gasteiger partial charge in [0.05, 0.1) is 0 Å². The Hall–Kier alpha value is -0.323. The lowest BCUT2D eigenvalue weighted by molar-refractivity contribution is 0.483.